The fraction of sp³-hybridized carbons (Fsp3) is 0.147. The van der Waals surface area contributed by atoms with Crippen LogP contribution < -0.4 is 0 Å². The molecule has 0 N–H and O–H groups in total. The minimum atomic E-state index is 0. The van der Waals surface area contributed by atoms with Crippen molar-refractivity contribution in [2.24, 2.45) is 0 Å². The van der Waals surface area contributed by atoms with Gasteiger partial charge in [-0.05, 0) is 49.9 Å². The smallest absolute Gasteiger partial charge is 0.180 e. The standard InChI is InChI=1S/C19H16N3O.C15H13N4.Ir/c1-12-6-4-7-13(2)17(12)22-11-10-20-19(22)15-8-5-9-16-18(15)23-14(3)21-16;1-11-5-3-6-12(2)14(11)19-10-17-15(18-19)13-7-4-8-16-9-13;/h4-7,9-11H,1-3H3;3-6,8-10H,1-2H3;/q2*-1;. The van der Waals surface area contributed by atoms with Crippen molar-refractivity contribution < 1.29 is 24.5 Å². The summed E-state index contributed by atoms with van der Waals surface area (Å²) in [6, 6.07) is 24.3. The van der Waals surface area contributed by atoms with E-state index in [1.165, 1.54) is 22.3 Å². The van der Waals surface area contributed by atoms with Crippen molar-refractivity contribution in [3.63, 3.8) is 0 Å². The van der Waals surface area contributed by atoms with E-state index >= 15 is 0 Å². The van der Waals surface area contributed by atoms with Gasteiger partial charge in [0.05, 0.1) is 22.9 Å². The topological polar surface area (TPSA) is 87.5 Å². The first-order valence-corrected chi connectivity index (χ1v) is 13.6. The van der Waals surface area contributed by atoms with Crippen molar-refractivity contribution in [2.45, 2.75) is 34.6 Å². The third-order valence-electron chi connectivity index (χ3n) is 7.01. The number of fused-ring (bicyclic) bond motifs is 1. The molecule has 9 heteroatoms. The van der Waals surface area contributed by atoms with Gasteiger partial charge in [0.1, 0.15) is 6.33 Å². The molecule has 0 atom stereocenters. The second-order valence-corrected chi connectivity index (χ2v) is 10.1. The van der Waals surface area contributed by atoms with Gasteiger partial charge in [-0.15, -0.1) is 30.3 Å². The van der Waals surface area contributed by atoms with E-state index in [4.69, 9.17) is 4.42 Å². The van der Waals surface area contributed by atoms with Crippen LogP contribution in [0.4, 0.5) is 0 Å². The first-order valence-electron chi connectivity index (χ1n) is 13.6. The van der Waals surface area contributed by atoms with E-state index in [1.807, 2.05) is 31.3 Å². The van der Waals surface area contributed by atoms with Gasteiger partial charge in [0, 0.05) is 50.6 Å². The zero-order chi connectivity index (χ0) is 29.2. The minimum absolute atomic E-state index is 0. The van der Waals surface area contributed by atoms with Crippen molar-refractivity contribution in [1.29, 1.82) is 0 Å². The first kappa shape index (κ1) is 29.8. The van der Waals surface area contributed by atoms with E-state index in [0.717, 1.165) is 39.4 Å². The van der Waals surface area contributed by atoms with Crippen molar-refractivity contribution in [3.8, 4) is 34.2 Å². The summed E-state index contributed by atoms with van der Waals surface area (Å²) in [6.07, 6.45) is 8.90. The average molecular weight is 744 g/mol. The number of oxazole rings is 1. The molecular weight excluding hydrogens is 715 g/mol. The first-order chi connectivity index (χ1) is 20.4. The minimum Gasteiger partial charge on any atom is -0.488 e. The Labute approximate surface area is 263 Å². The summed E-state index contributed by atoms with van der Waals surface area (Å²) >= 11 is 0. The van der Waals surface area contributed by atoms with Crippen molar-refractivity contribution in [2.75, 3.05) is 0 Å². The zero-order valence-electron chi connectivity index (χ0n) is 24.5. The van der Waals surface area contributed by atoms with Crippen molar-refractivity contribution >= 4 is 11.1 Å². The second-order valence-electron chi connectivity index (χ2n) is 10.1. The Morgan fingerprint density at radius 1 is 0.767 bits per heavy atom. The van der Waals surface area contributed by atoms with Crippen LogP contribution in [-0.4, -0.2) is 34.3 Å². The van der Waals surface area contributed by atoms with Gasteiger partial charge >= 0.3 is 0 Å². The molecule has 7 aromatic rings. The Morgan fingerprint density at radius 2 is 1.47 bits per heavy atom. The summed E-state index contributed by atoms with van der Waals surface area (Å²) in [5.74, 6) is 2.09. The maximum Gasteiger partial charge on any atom is 0.180 e. The van der Waals surface area contributed by atoms with Crippen LogP contribution in [0.3, 0.4) is 0 Å². The van der Waals surface area contributed by atoms with E-state index < -0.39 is 0 Å². The Kier molecular flexibility index (Phi) is 8.76. The maximum atomic E-state index is 5.78. The number of para-hydroxylation sites is 2. The Balaban J connectivity index is 0.000000170. The monoisotopic (exact) mass is 744 g/mol. The van der Waals surface area contributed by atoms with Gasteiger partial charge in [0.15, 0.2) is 5.89 Å². The molecule has 0 amide bonds. The third kappa shape index (κ3) is 5.95. The van der Waals surface area contributed by atoms with Gasteiger partial charge in [-0.25, -0.2) is 9.67 Å². The number of hydrogen-bond donors (Lipinski definition) is 0. The molecule has 4 aromatic heterocycles. The number of hydrogen-bond acceptors (Lipinski definition) is 6. The van der Waals surface area contributed by atoms with E-state index in [0.29, 0.717) is 11.7 Å². The van der Waals surface area contributed by atoms with Gasteiger partial charge in [-0.3, -0.25) is 9.97 Å². The van der Waals surface area contributed by atoms with E-state index in [9.17, 15) is 0 Å². The quantitative estimate of drug-likeness (QED) is 0.178. The molecule has 0 saturated heterocycles. The van der Waals surface area contributed by atoms with Crippen LogP contribution in [0.2, 0.25) is 0 Å². The summed E-state index contributed by atoms with van der Waals surface area (Å²) in [7, 11) is 0. The number of nitrogens with zero attached hydrogens (tertiary/aromatic N) is 7. The number of imidazole rings is 1. The second kappa shape index (κ2) is 12.7. The molecule has 8 nitrogen and oxygen atoms in total. The molecule has 0 aliphatic carbocycles. The number of aryl methyl sites for hydroxylation is 5. The number of benzene rings is 3. The summed E-state index contributed by atoms with van der Waals surface area (Å²) in [5.41, 5.74) is 10.1. The molecule has 0 spiro atoms. The van der Waals surface area contributed by atoms with E-state index in [-0.39, 0.29) is 20.1 Å². The van der Waals surface area contributed by atoms with Gasteiger partial charge in [-0.2, -0.15) is 5.10 Å². The van der Waals surface area contributed by atoms with Gasteiger partial charge < -0.3 is 14.0 Å². The van der Waals surface area contributed by atoms with E-state index in [2.05, 4.69) is 99.8 Å². The Bertz CT molecular complexity index is 1970. The average Bonchev–Trinajstić information content (AvgIpc) is 3.73. The predicted octanol–water partition coefficient (Wildman–Crippen LogP) is 7.15. The van der Waals surface area contributed by atoms with Crippen molar-refractivity contribution in [1.82, 2.24) is 34.3 Å². The SMILES string of the molecule is Cc1cccc(C)c1-n1cnc(-c2[c-]ccnc2)n1.Cc1nc2cc[c-]c(-c3nccn3-c3c(C)cccc3C)c2o1.[Ir]. The molecule has 1 radical (unpaired) electrons. The molecule has 0 saturated carbocycles. The number of pyridine rings is 1. The summed E-state index contributed by atoms with van der Waals surface area (Å²) in [6.45, 7) is 10.2. The fourth-order valence-corrected chi connectivity index (χ4v) is 5.13. The van der Waals surface area contributed by atoms with Crippen LogP contribution in [0.1, 0.15) is 28.1 Å². The molecule has 4 heterocycles. The van der Waals surface area contributed by atoms with Crippen LogP contribution >= 0.6 is 0 Å². The van der Waals surface area contributed by atoms with Gasteiger partial charge in [0.2, 0.25) is 0 Å². The number of rotatable bonds is 4. The summed E-state index contributed by atoms with van der Waals surface area (Å²) in [4.78, 5) is 17.3. The Hall–Kier alpha value is -4.72. The molecule has 0 aliphatic heterocycles. The maximum absolute atomic E-state index is 5.78. The molecule has 3 aromatic carbocycles. The van der Waals surface area contributed by atoms with Gasteiger partial charge in [-0.1, -0.05) is 59.9 Å². The molecule has 43 heavy (non-hydrogen) atoms. The normalized spacial score (nSPS) is 10.7. The fourth-order valence-electron chi connectivity index (χ4n) is 5.13. The molecular formula is C34H29IrN7O-2. The molecule has 0 bridgehead atoms. The van der Waals surface area contributed by atoms with Crippen LogP contribution in [0, 0.1) is 46.8 Å². The summed E-state index contributed by atoms with van der Waals surface area (Å²) < 4.78 is 9.68. The zero-order valence-corrected chi connectivity index (χ0v) is 26.9. The van der Waals surface area contributed by atoms with E-state index in [1.54, 1.807) is 35.7 Å². The largest absolute Gasteiger partial charge is 0.488 e. The predicted molar refractivity (Wildman–Crippen MR) is 163 cm³/mol. The molecule has 0 aliphatic rings. The molecule has 0 fully saturated rings. The molecule has 217 valence electrons. The molecule has 7 rings (SSSR count). The summed E-state index contributed by atoms with van der Waals surface area (Å²) in [5, 5.41) is 4.51. The van der Waals surface area contributed by atoms with Crippen LogP contribution in [0.25, 0.3) is 45.3 Å². The van der Waals surface area contributed by atoms with Crippen LogP contribution in [0.15, 0.2) is 90.1 Å². The van der Waals surface area contributed by atoms with Crippen molar-refractivity contribution in [3.05, 3.63) is 126 Å². The van der Waals surface area contributed by atoms with Crippen LogP contribution in [0.5, 0.6) is 0 Å². The van der Waals surface area contributed by atoms with Crippen LogP contribution in [-0.2, 0) is 20.1 Å². The Morgan fingerprint density at radius 3 is 2.14 bits per heavy atom. The number of aromatic nitrogens is 7. The molecule has 0 unspecified atom stereocenters. The third-order valence-corrected chi connectivity index (χ3v) is 7.01. The van der Waals surface area contributed by atoms with Gasteiger partial charge in [0.25, 0.3) is 0 Å².